The zero-order chi connectivity index (χ0) is 21.0. The molecule has 3 aromatic rings. The van der Waals surface area contributed by atoms with Gasteiger partial charge in [-0.2, -0.15) is 0 Å². The van der Waals surface area contributed by atoms with Crippen LogP contribution in [0, 0.1) is 0 Å². The maximum absolute atomic E-state index is 12.9. The highest BCUT2D eigenvalue weighted by atomic mass is 16.2. The minimum atomic E-state index is -0.312. The van der Waals surface area contributed by atoms with Crippen LogP contribution in [0.1, 0.15) is 17.5 Å². The molecule has 3 aromatic carbocycles. The second-order valence-corrected chi connectivity index (χ2v) is 7.03. The molecule has 0 saturated heterocycles. The normalized spacial score (nSPS) is 10.3. The molecular weight excluding hydrogens is 374 g/mol. The molecule has 0 saturated carbocycles. The Morgan fingerprint density at radius 2 is 1.30 bits per heavy atom. The number of urea groups is 1. The molecule has 5 nitrogen and oxygen atoms in total. The number of rotatable bonds is 9. The Balaban J connectivity index is 1.52. The number of nitrogens with zero attached hydrogens (tertiary/aromatic N) is 1. The Hall–Kier alpha value is -3.60. The fraction of sp³-hybridized carbons (Fsp3) is 0.200. The Kier molecular flexibility index (Phi) is 8.03. The molecule has 154 valence electrons. The van der Waals surface area contributed by atoms with Gasteiger partial charge in [-0.15, -0.1) is 0 Å². The number of para-hydroxylation sites is 1. The van der Waals surface area contributed by atoms with E-state index in [1.807, 2.05) is 83.8 Å². The van der Waals surface area contributed by atoms with Crippen LogP contribution in [0.5, 0.6) is 0 Å². The largest absolute Gasteiger partial charge is 0.338 e. The molecular formula is C25H27N3O2. The molecule has 3 amide bonds. The Labute approximate surface area is 177 Å². The van der Waals surface area contributed by atoms with Crippen LogP contribution in [0.3, 0.4) is 0 Å². The fourth-order valence-corrected chi connectivity index (χ4v) is 3.14. The first kappa shape index (κ1) is 21.1. The molecule has 0 aliphatic rings. The third kappa shape index (κ3) is 7.09. The van der Waals surface area contributed by atoms with Crippen molar-refractivity contribution in [1.82, 2.24) is 10.2 Å². The van der Waals surface area contributed by atoms with Crippen molar-refractivity contribution < 1.29 is 9.59 Å². The lowest BCUT2D eigenvalue weighted by atomic mass is 10.1. The summed E-state index contributed by atoms with van der Waals surface area (Å²) >= 11 is 0. The zero-order valence-electron chi connectivity index (χ0n) is 17.0. The van der Waals surface area contributed by atoms with E-state index in [2.05, 4.69) is 22.8 Å². The van der Waals surface area contributed by atoms with Gasteiger partial charge >= 0.3 is 6.03 Å². The van der Waals surface area contributed by atoms with Gasteiger partial charge in [-0.1, -0.05) is 78.9 Å². The van der Waals surface area contributed by atoms with Gasteiger partial charge in [-0.3, -0.25) is 4.79 Å². The predicted octanol–water partition coefficient (Wildman–Crippen LogP) is 4.47. The molecule has 30 heavy (non-hydrogen) atoms. The van der Waals surface area contributed by atoms with E-state index >= 15 is 0 Å². The molecule has 0 atom stereocenters. The van der Waals surface area contributed by atoms with E-state index in [1.165, 1.54) is 5.56 Å². The van der Waals surface area contributed by atoms with Crippen LogP contribution in [-0.4, -0.2) is 29.9 Å². The van der Waals surface area contributed by atoms with Crippen molar-refractivity contribution in [3.8, 4) is 0 Å². The number of benzene rings is 3. The van der Waals surface area contributed by atoms with E-state index in [0.29, 0.717) is 13.1 Å². The highest BCUT2D eigenvalue weighted by Gasteiger charge is 2.14. The fourth-order valence-electron chi connectivity index (χ4n) is 3.14. The quantitative estimate of drug-likeness (QED) is 0.556. The summed E-state index contributed by atoms with van der Waals surface area (Å²) in [6.07, 6.45) is 1.05. The van der Waals surface area contributed by atoms with Gasteiger partial charge in [-0.25, -0.2) is 4.79 Å². The highest BCUT2D eigenvalue weighted by Crippen LogP contribution is 2.09. The summed E-state index contributed by atoms with van der Waals surface area (Å²) in [5, 5.41) is 5.51. The molecule has 0 aromatic heterocycles. The van der Waals surface area contributed by atoms with Crippen molar-refractivity contribution in [2.75, 3.05) is 18.4 Å². The second kappa shape index (κ2) is 11.4. The van der Waals surface area contributed by atoms with Crippen molar-refractivity contribution in [3.63, 3.8) is 0 Å². The lowest BCUT2D eigenvalue weighted by Crippen LogP contribution is -2.36. The van der Waals surface area contributed by atoms with Gasteiger partial charge in [0.1, 0.15) is 0 Å². The first-order valence-corrected chi connectivity index (χ1v) is 10.2. The van der Waals surface area contributed by atoms with Crippen LogP contribution in [-0.2, 0) is 17.8 Å². The van der Waals surface area contributed by atoms with Crippen molar-refractivity contribution >= 4 is 17.6 Å². The third-order valence-electron chi connectivity index (χ3n) is 4.74. The maximum Gasteiger partial charge on any atom is 0.319 e. The monoisotopic (exact) mass is 401 g/mol. The van der Waals surface area contributed by atoms with Crippen molar-refractivity contribution in [1.29, 1.82) is 0 Å². The minimum Gasteiger partial charge on any atom is -0.338 e. The van der Waals surface area contributed by atoms with Crippen LogP contribution in [0.15, 0.2) is 91.0 Å². The molecule has 3 rings (SSSR count). The van der Waals surface area contributed by atoms with Gasteiger partial charge in [0.15, 0.2) is 0 Å². The van der Waals surface area contributed by atoms with E-state index < -0.39 is 0 Å². The van der Waals surface area contributed by atoms with Gasteiger partial charge in [-0.05, 0) is 29.7 Å². The molecule has 0 heterocycles. The van der Waals surface area contributed by atoms with Crippen LogP contribution in [0.25, 0.3) is 0 Å². The van der Waals surface area contributed by atoms with E-state index in [9.17, 15) is 9.59 Å². The standard InChI is InChI=1S/C25H27N3O2/c29-24(16-18-26-25(30)27-23-14-8-3-9-15-23)28(20-22-12-6-2-7-13-22)19-17-21-10-4-1-5-11-21/h1-15H,16-20H2,(H2,26,27,30). The summed E-state index contributed by atoms with van der Waals surface area (Å²) < 4.78 is 0. The van der Waals surface area contributed by atoms with E-state index in [1.54, 1.807) is 0 Å². The second-order valence-electron chi connectivity index (χ2n) is 7.03. The highest BCUT2D eigenvalue weighted by molar-refractivity contribution is 5.89. The lowest BCUT2D eigenvalue weighted by molar-refractivity contribution is -0.131. The smallest absolute Gasteiger partial charge is 0.319 e. The predicted molar refractivity (Wildman–Crippen MR) is 120 cm³/mol. The number of hydrogen-bond acceptors (Lipinski definition) is 2. The average Bonchev–Trinajstić information content (AvgIpc) is 2.78. The topological polar surface area (TPSA) is 61.4 Å². The number of nitrogens with one attached hydrogen (secondary N) is 2. The van der Waals surface area contributed by atoms with Crippen LogP contribution < -0.4 is 10.6 Å². The molecule has 0 bridgehead atoms. The average molecular weight is 402 g/mol. The minimum absolute atomic E-state index is 0.0230. The van der Waals surface area contributed by atoms with E-state index in [0.717, 1.165) is 17.7 Å². The molecule has 0 aliphatic heterocycles. The summed E-state index contributed by atoms with van der Waals surface area (Å²) in [5.74, 6) is 0.0230. The van der Waals surface area contributed by atoms with Crippen molar-refractivity contribution in [3.05, 3.63) is 102 Å². The van der Waals surface area contributed by atoms with E-state index in [-0.39, 0.29) is 24.9 Å². The summed E-state index contributed by atoms with van der Waals surface area (Å²) in [6.45, 7) is 1.48. The molecule has 0 fully saturated rings. The van der Waals surface area contributed by atoms with E-state index in [4.69, 9.17) is 0 Å². The first-order valence-electron chi connectivity index (χ1n) is 10.2. The van der Waals surface area contributed by atoms with Gasteiger partial charge in [0, 0.05) is 31.7 Å². The lowest BCUT2D eigenvalue weighted by Gasteiger charge is -2.23. The molecule has 0 unspecified atom stereocenters. The van der Waals surface area contributed by atoms with Crippen molar-refractivity contribution in [2.45, 2.75) is 19.4 Å². The maximum atomic E-state index is 12.9. The van der Waals surface area contributed by atoms with Gasteiger partial charge in [0.2, 0.25) is 5.91 Å². The summed E-state index contributed by atoms with van der Waals surface area (Å²) in [4.78, 5) is 26.7. The van der Waals surface area contributed by atoms with Gasteiger partial charge in [0.25, 0.3) is 0 Å². The molecule has 0 radical (unpaired) electrons. The van der Waals surface area contributed by atoms with Crippen LogP contribution in [0.2, 0.25) is 0 Å². The number of carbonyl (C=O) groups is 2. The first-order chi connectivity index (χ1) is 14.7. The third-order valence-corrected chi connectivity index (χ3v) is 4.74. The summed E-state index contributed by atoms with van der Waals surface area (Å²) in [5.41, 5.74) is 3.01. The van der Waals surface area contributed by atoms with Crippen molar-refractivity contribution in [2.24, 2.45) is 0 Å². The molecule has 5 heteroatoms. The number of carbonyl (C=O) groups excluding carboxylic acids is 2. The van der Waals surface area contributed by atoms with Gasteiger partial charge < -0.3 is 15.5 Å². The van der Waals surface area contributed by atoms with Gasteiger partial charge in [0.05, 0.1) is 0 Å². The number of amides is 3. The number of hydrogen-bond donors (Lipinski definition) is 2. The summed E-state index contributed by atoms with van der Waals surface area (Å²) in [6, 6.07) is 29.0. The number of anilines is 1. The Morgan fingerprint density at radius 1 is 0.733 bits per heavy atom. The molecule has 2 N–H and O–H groups in total. The van der Waals surface area contributed by atoms with Crippen LogP contribution in [0.4, 0.5) is 10.5 Å². The molecule has 0 spiro atoms. The SMILES string of the molecule is O=C(NCCC(=O)N(CCc1ccccc1)Cc1ccccc1)Nc1ccccc1. The molecule has 0 aliphatic carbocycles. The zero-order valence-corrected chi connectivity index (χ0v) is 17.0. The summed E-state index contributed by atoms with van der Waals surface area (Å²) in [7, 11) is 0. The Morgan fingerprint density at radius 3 is 1.93 bits per heavy atom. The Bertz CT molecular complexity index is 915. The van der Waals surface area contributed by atoms with Crippen LogP contribution >= 0.6 is 0 Å².